The Labute approximate surface area is 111 Å². The van der Waals surface area contributed by atoms with Crippen molar-refractivity contribution >= 4 is 22.0 Å². The topological polar surface area (TPSA) is 32.3 Å². The van der Waals surface area contributed by atoms with E-state index < -0.39 is 18.8 Å². The van der Waals surface area contributed by atoms with Gasteiger partial charge in [-0.25, -0.2) is 4.79 Å². The average molecular weight is 325 g/mol. The summed E-state index contributed by atoms with van der Waals surface area (Å²) in [5.41, 5.74) is 0.821. The number of benzene rings is 1. The van der Waals surface area contributed by atoms with Gasteiger partial charge < -0.3 is 10.2 Å². The Balaban J connectivity index is 2.53. The fraction of sp³-hybridized carbons (Fsp3) is 0.364. The van der Waals surface area contributed by atoms with Gasteiger partial charge in [-0.1, -0.05) is 34.1 Å². The Kier molecular flexibility index (Phi) is 5.01. The molecule has 0 spiro atoms. The van der Waals surface area contributed by atoms with Crippen LogP contribution in [0.25, 0.3) is 0 Å². The van der Waals surface area contributed by atoms with Crippen molar-refractivity contribution in [1.82, 2.24) is 10.2 Å². The summed E-state index contributed by atoms with van der Waals surface area (Å²) in [7, 11) is 1.44. The number of rotatable bonds is 3. The number of alkyl halides is 3. The van der Waals surface area contributed by atoms with Gasteiger partial charge in [0.05, 0.1) is 0 Å². The maximum atomic E-state index is 11.9. The van der Waals surface area contributed by atoms with Gasteiger partial charge in [0.2, 0.25) is 0 Å². The molecule has 1 aromatic carbocycles. The first-order valence-corrected chi connectivity index (χ1v) is 5.88. The molecule has 0 aliphatic rings. The van der Waals surface area contributed by atoms with Gasteiger partial charge in [0, 0.05) is 18.1 Å². The van der Waals surface area contributed by atoms with Crippen molar-refractivity contribution in [2.75, 3.05) is 13.6 Å². The zero-order valence-electron chi connectivity index (χ0n) is 9.59. The van der Waals surface area contributed by atoms with Crippen LogP contribution in [-0.4, -0.2) is 30.7 Å². The average Bonchev–Trinajstić information content (AvgIpc) is 2.28. The van der Waals surface area contributed by atoms with Gasteiger partial charge in [-0.3, -0.25) is 0 Å². The van der Waals surface area contributed by atoms with E-state index in [0.717, 1.165) is 10.0 Å². The predicted molar refractivity (Wildman–Crippen MR) is 65.1 cm³/mol. The molecule has 1 aromatic rings. The summed E-state index contributed by atoms with van der Waals surface area (Å²) in [6.45, 7) is -1.10. The molecule has 0 bridgehead atoms. The van der Waals surface area contributed by atoms with Crippen LogP contribution in [0.5, 0.6) is 0 Å². The molecule has 0 radical (unpaired) electrons. The van der Waals surface area contributed by atoms with Gasteiger partial charge in [-0.15, -0.1) is 0 Å². The second-order valence-corrected chi connectivity index (χ2v) is 4.58. The Hall–Kier alpha value is -1.24. The van der Waals surface area contributed by atoms with Crippen LogP contribution in [0.1, 0.15) is 5.56 Å². The highest BCUT2D eigenvalue weighted by Gasteiger charge is 2.28. The van der Waals surface area contributed by atoms with E-state index in [2.05, 4.69) is 15.9 Å². The van der Waals surface area contributed by atoms with E-state index in [0.29, 0.717) is 0 Å². The maximum Gasteiger partial charge on any atom is 0.405 e. The highest BCUT2D eigenvalue weighted by atomic mass is 79.9. The first kappa shape index (κ1) is 14.8. The zero-order chi connectivity index (χ0) is 13.8. The predicted octanol–water partition coefficient (Wildman–Crippen LogP) is 3.15. The summed E-state index contributed by atoms with van der Waals surface area (Å²) in [6, 6.07) is 6.44. The number of carbonyl (C=O) groups excluding carboxylic acids is 1. The maximum absolute atomic E-state index is 11.9. The van der Waals surface area contributed by atoms with E-state index >= 15 is 0 Å². The van der Waals surface area contributed by atoms with E-state index in [-0.39, 0.29) is 6.54 Å². The first-order chi connectivity index (χ1) is 8.29. The smallest absolute Gasteiger partial charge is 0.329 e. The van der Waals surface area contributed by atoms with Crippen LogP contribution >= 0.6 is 15.9 Å². The Morgan fingerprint density at radius 1 is 1.39 bits per heavy atom. The monoisotopic (exact) mass is 324 g/mol. The molecule has 0 aliphatic carbocycles. The molecule has 1 rings (SSSR count). The van der Waals surface area contributed by atoms with Crippen LogP contribution in [0.2, 0.25) is 0 Å². The van der Waals surface area contributed by atoms with E-state index in [1.165, 1.54) is 11.9 Å². The lowest BCUT2D eigenvalue weighted by Crippen LogP contribution is -2.41. The van der Waals surface area contributed by atoms with Crippen molar-refractivity contribution in [3.8, 4) is 0 Å². The molecule has 0 fully saturated rings. The summed E-state index contributed by atoms with van der Waals surface area (Å²) >= 11 is 3.31. The molecule has 0 unspecified atom stereocenters. The van der Waals surface area contributed by atoms with E-state index in [1.807, 2.05) is 11.4 Å². The third kappa shape index (κ3) is 4.95. The Morgan fingerprint density at radius 2 is 2.00 bits per heavy atom. The number of hydrogen-bond donors (Lipinski definition) is 1. The lowest BCUT2D eigenvalue weighted by molar-refractivity contribution is -0.123. The molecule has 0 saturated heterocycles. The third-order valence-electron chi connectivity index (χ3n) is 2.15. The summed E-state index contributed by atoms with van der Waals surface area (Å²) in [6.07, 6.45) is -4.40. The fourth-order valence-corrected chi connectivity index (χ4v) is 1.67. The SMILES string of the molecule is CN(Cc1ccccc1Br)C(=O)NCC(F)(F)F. The van der Waals surface area contributed by atoms with Crippen LogP contribution in [-0.2, 0) is 6.54 Å². The standard InChI is InChI=1S/C11H12BrF3N2O/c1-17(10(18)16-7-11(13,14)15)6-8-4-2-3-5-9(8)12/h2-5H,6-7H2,1H3,(H,16,18). The van der Waals surface area contributed by atoms with Gasteiger partial charge in [-0.2, -0.15) is 13.2 Å². The van der Waals surface area contributed by atoms with Crippen molar-refractivity contribution in [2.45, 2.75) is 12.7 Å². The lowest BCUT2D eigenvalue weighted by atomic mass is 10.2. The number of nitrogens with zero attached hydrogens (tertiary/aromatic N) is 1. The van der Waals surface area contributed by atoms with E-state index in [9.17, 15) is 18.0 Å². The number of urea groups is 1. The van der Waals surface area contributed by atoms with Crippen LogP contribution in [0.4, 0.5) is 18.0 Å². The minimum atomic E-state index is -4.40. The molecule has 0 aromatic heterocycles. The highest BCUT2D eigenvalue weighted by molar-refractivity contribution is 9.10. The molecule has 0 saturated carbocycles. The normalized spacial score (nSPS) is 11.2. The molecular weight excluding hydrogens is 313 g/mol. The van der Waals surface area contributed by atoms with Crippen LogP contribution in [0.3, 0.4) is 0 Å². The second-order valence-electron chi connectivity index (χ2n) is 3.72. The van der Waals surface area contributed by atoms with Crippen molar-refractivity contribution < 1.29 is 18.0 Å². The number of nitrogens with one attached hydrogen (secondary N) is 1. The lowest BCUT2D eigenvalue weighted by Gasteiger charge is -2.19. The van der Waals surface area contributed by atoms with E-state index in [4.69, 9.17) is 0 Å². The number of hydrogen-bond acceptors (Lipinski definition) is 1. The molecule has 1 N–H and O–H groups in total. The van der Waals surface area contributed by atoms with Gasteiger partial charge in [0.1, 0.15) is 6.54 Å². The zero-order valence-corrected chi connectivity index (χ0v) is 11.2. The largest absolute Gasteiger partial charge is 0.405 e. The second kappa shape index (κ2) is 6.08. The number of carbonyl (C=O) groups is 1. The number of amides is 2. The van der Waals surface area contributed by atoms with Crippen molar-refractivity contribution in [1.29, 1.82) is 0 Å². The minimum Gasteiger partial charge on any atom is -0.329 e. The molecular formula is C11H12BrF3N2O. The molecule has 2 amide bonds. The van der Waals surface area contributed by atoms with Crippen LogP contribution in [0, 0.1) is 0 Å². The molecule has 0 heterocycles. The molecule has 18 heavy (non-hydrogen) atoms. The first-order valence-electron chi connectivity index (χ1n) is 5.09. The summed E-state index contributed by atoms with van der Waals surface area (Å²) < 4.78 is 36.6. The fourth-order valence-electron chi connectivity index (χ4n) is 1.26. The van der Waals surface area contributed by atoms with Crippen LogP contribution in [0.15, 0.2) is 28.7 Å². The summed E-state index contributed by atoms with van der Waals surface area (Å²) in [4.78, 5) is 12.6. The molecule has 0 aliphatic heterocycles. The van der Waals surface area contributed by atoms with Gasteiger partial charge in [-0.05, 0) is 11.6 Å². The van der Waals surface area contributed by atoms with Crippen molar-refractivity contribution in [3.05, 3.63) is 34.3 Å². The molecule has 7 heteroatoms. The number of halogens is 4. The molecule has 3 nitrogen and oxygen atoms in total. The minimum absolute atomic E-state index is 0.227. The van der Waals surface area contributed by atoms with Gasteiger partial charge in [0.15, 0.2) is 0 Å². The Morgan fingerprint density at radius 3 is 2.56 bits per heavy atom. The Bertz CT molecular complexity index is 423. The molecule has 100 valence electrons. The van der Waals surface area contributed by atoms with Gasteiger partial charge in [0.25, 0.3) is 0 Å². The third-order valence-corrected chi connectivity index (χ3v) is 2.93. The summed E-state index contributed by atoms with van der Waals surface area (Å²) in [5.74, 6) is 0. The quantitative estimate of drug-likeness (QED) is 0.910. The van der Waals surface area contributed by atoms with Crippen molar-refractivity contribution in [3.63, 3.8) is 0 Å². The van der Waals surface area contributed by atoms with E-state index in [1.54, 1.807) is 18.2 Å². The van der Waals surface area contributed by atoms with Crippen molar-refractivity contribution in [2.24, 2.45) is 0 Å². The van der Waals surface area contributed by atoms with Crippen LogP contribution < -0.4 is 5.32 Å². The molecule has 0 atom stereocenters. The highest BCUT2D eigenvalue weighted by Crippen LogP contribution is 2.17. The summed E-state index contributed by atoms with van der Waals surface area (Å²) in [5, 5.41) is 1.81. The van der Waals surface area contributed by atoms with Gasteiger partial charge >= 0.3 is 12.2 Å².